The molecule has 0 spiro atoms. The molecule has 2 heterocycles. The van der Waals surface area contributed by atoms with E-state index in [1.54, 1.807) is 32.7 Å². The van der Waals surface area contributed by atoms with Crippen molar-refractivity contribution >= 4 is 89.5 Å². The average molecular weight is 723 g/mol. The SMILES string of the molecule is CO[Si]1(C)O[Si](C)(O)O[Si](C)(OC)O[Si]2(C)O[Si](C)(O[SiH](C)O)O[SiH](C)O[SiH](C)O[Si](C)(O)O[Si](C)(O1)O2. The van der Waals surface area contributed by atoms with Gasteiger partial charge in [-0.2, -0.15) is 0 Å². The third-order valence-corrected chi connectivity index (χ3v) is 39.5. The van der Waals surface area contributed by atoms with Gasteiger partial charge < -0.3 is 68.5 Å². The van der Waals surface area contributed by atoms with Crippen LogP contribution in [0.5, 0.6) is 0 Å². The normalized spacial score (nSPS) is 50.9. The zero-order chi connectivity index (χ0) is 29.4. The Morgan fingerprint density at radius 3 is 1.47 bits per heavy atom. The van der Waals surface area contributed by atoms with E-state index < -0.39 is 89.5 Å². The third kappa shape index (κ3) is 10.7. The van der Waals surface area contributed by atoms with Crippen molar-refractivity contribution in [3.63, 3.8) is 0 Å². The van der Waals surface area contributed by atoms with Gasteiger partial charge in [0.05, 0.1) is 0 Å². The summed E-state index contributed by atoms with van der Waals surface area (Å²) in [5.74, 6) is 0. The minimum Gasteiger partial charge on any atom is -0.420 e. The number of hydrogen-bond donors (Lipinski definition) is 3. The summed E-state index contributed by atoms with van der Waals surface area (Å²) in [6.07, 6.45) is 0. The number of fused-ring (bicyclic) bond motifs is 2. The summed E-state index contributed by atoms with van der Waals surface area (Å²) in [6.45, 7) is 15.5. The van der Waals surface area contributed by atoms with Crippen molar-refractivity contribution in [2.75, 3.05) is 14.2 Å². The van der Waals surface area contributed by atoms with Crippen molar-refractivity contribution in [2.24, 2.45) is 0 Å². The van der Waals surface area contributed by atoms with E-state index >= 15 is 0 Å². The molecular weight excluding hydrogens is 681 g/mol. The van der Waals surface area contributed by atoms with Crippen molar-refractivity contribution in [3.8, 4) is 0 Å². The second-order valence-electron chi connectivity index (χ2n) is 9.45. The highest BCUT2D eigenvalue weighted by atomic mass is 28.6. The van der Waals surface area contributed by atoms with Crippen LogP contribution in [-0.2, 0) is 54.1 Å². The molecule has 0 aromatic carbocycles. The summed E-state index contributed by atoms with van der Waals surface area (Å²) in [4.78, 5) is 32.6. The fourth-order valence-corrected chi connectivity index (χ4v) is 42.9. The lowest BCUT2D eigenvalue weighted by Gasteiger charge is -2.48. The zero-order valence-electron chi connectivity index (χ0n) is 23.9. The minimum absolute atomic E-state index is 1.35. The first-order chi connectivity index (χ1) is 17.0. The predicted molar refractivity (Wildman–Crippen MR) is 153 cm³/mol. The molecule has 2 bridgehead atoms. The van der Waals surface area contributed by atoms with Crippen molar-refractivity contribution < 1.29 is 68.5 Å². The van der Waals surface area contributed by atoms with Gasteiger partial charge in [-0.1, -0.05) is 0 Å². The Kier molecular flexibility index (Phi) is 11.9. The van der Waals surface area contributed by atoms with Gasteiger partial charge in [0.25, 0.3) is 0 Å². The van der Waals surface area contributed by atoms with E-state index in [-0.39, 0.29) is 0 Å². The highest BCUT2D eigenvalue weighted by Gasteiger charge is 2.65. The lowest BCUT2D eigenvalue weighted by molar-refractivity contribution is 0.0560. The van der Waals surface area contributed by atoms with Gasteiger partial charge in [0.1, 0.15) is 0 Å². The van der Waals surface area contributed by atoms with Crippen molar-refractivity contribution in [3.05, 3.63) is 0 Å². The third-order valence-electron chi connectivity index (χ3n) is 4.88. The summed E-state index contributed by atoms with van der Waals surface area (Å²) in [7, 11) is -32.3. The molecule has 2 aliphatic heterocycles. The first-order valence-corrected chi connectivity index (χ1v) is 33.8. The Morgan fingerprint density at radius 1 is 0.605 bits per heavy atom. The Morgan fingerprint density at radius 2 is 1.03 bits per heavy atom. The fraction of sp³-hybridized carbons (Fsp3) is 1.00. The Hall–Kier alpha value is 1.53. The summed E-state index contributed by atoms with van der Waals surface area (Å²) in [6, 6.07) is 0. The summed E-state index contributed by atoms with van der Waals surface area (Å²) >= 11 is 0. The molecule has 10 atom stereocenters. The molecular formula is C12H42O16Si10. The summed E-state index contributed by atoms with van der Waals surface area (Å²) in [5.41, 5.74) is 0. The van der Waals surface area contributed by atoms with E-state index in [0.29, 0.717) is 0 Å². The molecule has 2 aliphatic rings. The maximum absolute atomic E-state index is 11.2. The van der Waals surface area contributed by atoms with Crippen LogP contribution in [0.25, 0.3) is 0 Å². The van der Waals surface area contributed by atoms with Gasteiger partial charge in [-0.15, -0.1) is 0 Å². The summed E-state index contributed by atoms with van der Waals surface area (Å²) in [5, 5.41) is 0. The molecule has 2 fully saturated rings. The molecule has 2 rings (SSSR count). The van der Waals surface area contributed by atoms with Gasteiger partial charge in [-0.3, -0.25) is 0 Å². The maximum Gasteiger partial charge on any atom is 0.482 e. The van der Waals surface area contributed by atoms with Gasteiger partial charge in [-0.05, 0) is 19.6 Å². The summed E-state index contributed by atoms with van der Waals surface area (Å²) < 4.78 is 78.8. The quantitative estimate of drug-likeness (QED) is 0.301. The maximum atomic E-state index is 11.2. The topological polar surface area (TPSA) is 181 Å². The Labute approximate surface area is 237 Å². The van der Waals surface area contributed by atoms with Crippen molar-refractivity contribution in [1.29, 1.82) is 0 Å². The highest BCUT2D eigenvalue weighted by Crippen LogP contribution is 2.35. The van der Waals surface area contributed by atoms with Gasteiger partial charge >= 0.3 is 89.5 Å². The van der Waals surface area contributed by atoms with Crippen LogP contribution in [0.15, 0.2) is 0 Å². The van der Waals surface area contributed by atoms with Gasteiger partial charge in [0.2, 0.25) is 0 Å². The van der Waals surface area contributed by atoms with E-state index in [1.165, 1.54) is 47.0 Å². The van der Waals surface area contributed by atoms with Crippen LogP contribution < -0.4 is 0 Å². The minimum atomic E-state index is -4.08. The first-order valence-electron chi connectivity index (χ1n) is 11.8. The van der Waals surface area contributed by atoms with E-state index in [0.717, 1.165) is 0 Å². The molecule has 0 aromatic rings. The molecule has 2 saturated heterocycles. The van der Waals surface area contributed by atoms with E-state index in [2.05, 4.69) is 0 Å². The Bertz CT molecular complexity index is 817. The van der Waals surface area contributed by atoms with E-state index in [1.807, 2.05) is 0 Å². The second kappa shape index (κ2) is 12.6. The molecule has 0 radical (unpaired) electrons. The number of hydrogen-bond acceptors (Lipinski definition) is 16. The van der Waals surface area contributed by atoms with Crippen molar-refractivity contribution in [2.45, 2.75) is 65.5 Å². The first kappa shape index (κ1) is 35.7. The van der Waals surface area contributed by atoms with Crippen LogP contribution in [0.2, 0.25) is 65.5 Å². The zero-order valence-corrected chi connectivity index (χ0v) is 34.3. The molecule has 0 aliphatic carbocycles. The molecule has 10 unspecified atom stereocenters. The van der Waals surface area contributed by atoms with Crippen molar-refractivity contribution in [1.82, 2.24) is 0 Å². The van der Waals surface area contributed by atoms with Gasteiger partial charge in [0.15, 0.2) is 0 Å². The smallest absolute Gasteiger partial charge is 0.420 e. The van der Waals surface area contributed by atoms with E-state index in [9.17, 15) is 14.4 Å². The molecule has 38 heavy (non-hydrogen) atoms. The van der Waals surface area contributed by atoms with Crippen LogP contribution in [0, 0.1) is 0 Å². The van der Waals surface area contributed by atoms with E-state index in [4.69, 9.17) is 54.1 Å². The fourth-order valence-electron chi connectivity index (χ4n) is 4.08. The molecule has 3 N–H and O–H groups in total. The molecule has 0 amide bonds. The van der Waals surface area contributed by atoms with Crippen LogP contribution in [0.1, 0.15) is 0 Å². The average Bonchev–Trinajstić information content (AvgIpc) is 2.61. The Balaban J connectivity index is 2.76. The second-order valence-corrected chi connectivity index (χ2v) is 35.6. The molecule has 26 heteroatoms. The molecule has 226 valence electrons. The molecule has 0 aromatic heterocycles. The van der Waals surface area contributed by atoms with Crippen LogP contribution >= 0.6 is 0 Å². The van der Waals surface area contributed by atoms with Crippen LogP contribution in [0.3, 0.4) is 0 Å². The van der Waals surface area contributed by atoms with Crippen LogP contribution in [-0.4, -0.2) is 118 Å². The predicted octanol–water partition coefficient (Wildman–Crippen LogP) is -1.00. The highest BCUT2D eigenvalue weighted by molar-refractivity contribution is 6.92. The van der Waals surface area contributed by atoms with Gasteiger partial charge in [0, 0.05) is 60.0 Å². The lowest BCUT2D eigenvalue weighted by Crippen LogP contribution is -2.73. The molecule has 16 nitrogen and oxygen atoms in total. The largest absolute Gasteiger partial charge is 0.482 e. The number of rotatable bonds is 4. The lowest BCUT2D eigenvalue weighted by atomic mass is 11.8. The van der Waals surface area contributed by atoms with Crippen LogP contribution in [0.4, 0.5) is 0 Å². The van der Waals surface area contributed by atoms with Gasteiger partial charge in [-0.25, -0.2) is 0 Å². The molecule has 0 saturated carbocycles. The standard InChI is InChI=1S/C12H42O16Si10/c1-16-34(8)23-33(7,15)24-35(9,17-2)26-38(12)27-36(10,19-29(3)13)21-31(5)18-30(4)20-32(6,14)22-37(11,25-34)28-38/h13-15,29-31H,1-12H3. The monoisotopic (exact) mass is 722 g/mol.